The molecule has 1 fully saturated rings. The molecule has 4 heteroatoms. The fourth-order valence-corrected chi connectivity index (χ4v) is 2.88. The van der Waals surface area contributed by atoms with E-state index in [-0.39, 0.29) is 0 Å². The lowest BCUT2D eigenvalue weighted by molar-refractivity contribution is 0.505. The van der Waals surface area contributed by atoms with E-state index in [0.29, 0.717) is 6.04 Å². The van der Waals surface area contributed by atoms with E-state index in [2.05, 4.69) is 21.3 Å². The van der Waals surface area contributed by atoms with Gasteiger partial charge in [0.2, 0.25) is 0 Å². The van der Waals surface area contributed by atoms with Gasteiger partial charge in [0.1, 0.15) is 5.82 Å². The van der Waals surface area contributed by atoms with Crippen LogP contribution >= 0.6 is 0 Å². The van der Waals surface area contributed by atoms with Gasteiger partial charge in [-0.2, -0.15) is 0 Å². The molecule has 2 aliphatic heterocycles. The van der Waals surface area contributed by atoms with Crippen molar-refractivity contribution in [2.45, 2.75) is 31.7 Å². The molecule has 3 heterocycles. The number of nitrogens with zero attached hydrogens (tertiary/aromatic N) is 2. The van der Waals surface area contributed by atoms with Crippen molar-refractivity contribution < 1.29 is 0 Å². The fraction of sp³-hybridized carbons (Fsp3) is 0.615. The molecule has 0 aliphatic carbocycles. The monoisotopic (exact) mass is 232 g/mol. The third-order valence-electron chi connectivity index (χ3n) is 3.73. The van der Waals surface area contributed by atoms with Crippen molar-refractivity contribution in [3.8, 4) is 0 Å². The smallest absolute Gasteiger partial charge is 0.131 e. The van der Waals surface area contributed by atoms with Gasteiger partial charge < -0.3 is 16.0 Å². The molecular weight excluding hydrogens is 212 g/mol. The summed E-state index contributed by atoms with van der Waals surface area (Å²) in [4.78, 5) is 6.86. The summed E-state index contributed by atoms with van der Waals surface area (Å²) in [5.74, 6) is 1.08. The number of rotatable bonds is 1. The van der Waals surface area contributed by atoms with Crippen LogP contribution in [0.15, 0.2) is 12.3 Å². The highest BCUT2D eigenvalue weighted by Gasteiger charge is 2.22. The number of piperidine rings is 1. The van der Waals surface area contributed by atoms with E-state index < -0.39 is 0 Å². The van der Waals surface area contributed by atoms with E-state index in [0.717, 1.165) is 38.3 Å². The topological polar surface area (TPSA) is 54.2 Å². The molecule has 1 aromatic heterocycles. The predicted molar refractivity (Wildman–Crippen MR) is 70.5 cm³/mol. The lowest BCUT2D eigenvalue weighted by atomic mass is 10.0. The van der Waals surface area contributed by atoms with Gasteiger partial charge in [0.15, 0.2) is 0 Å². The van der Waals surface area contributed by atoms with Crippen molar-refractivity contribution in [2.24, 2.45) is 5.73 Å². The van der Waals surface area contributed by atoms with E-state index >= 15 is 0 Å². The second-order valence-electron chi connectivity index (χ2n) is 5.04. The van der Waals surface area contributed by atoms with Gasteiger partial charge in [-0.25, -0.2) is 4.98 Å². The van der Waals surface area contributed by atoms with Gasteiger partial charge in [0, 0.05) is 43.1 Å². The molecule has 3 rings (SSSR count). The van der Waals surface area contributed by atoms with Gasteiger partial charge in [-0.15, -0.1) is 0 Å². The molecule has 0 aromatic carbocycles. The van der Waals surface area contributed by atoms with Crippen molar-refractivity contribution in [1.29, 1.82) is 0 Å². The largest absolute Gasteiger partial charge is 0.370 e. The molecule has 0 saturated carbocycles. The van der Waals surface area contributed by atoms with Crippen LogP contribution in [0.25, 0.3) is 0 Å². The van der Waals surface area contributed by atoms with Crippen LogP contribution < -0.4 is 16.0 Å². The predicted octanol–water partition coefficient (Wildman–Crippen LogP) is 1.37. The molecule has 1 atom stereocenters. The third-order valence-corrected chi connectivity index (χ3v) is 3.73. The first-order valence-electron chi connectivity index (χ1n) is 6.57. The summed E-state index contributed by atoms with van der Waals surface area (Å²) in [6.45, 7) is 3.16. The molecule has 1 aromatic rings. The highest BCUT2D eigenvalue weighted by atomic mass is 15.2. The Morgan fingerprint density at radius 3 is 3.24 bits per heavy atom. The maximum Gasteiger partial charge on any atom is 0.131 e. The Balaban J connectivity index is 1.91. The van der Waals surface area contributed by atoms with E-state index in [9.17, 15) is 0 Å². The van der Waals surface area contributed by atoms with Crippen molar-refractivity contribution in [3.63, 3.8) is 0 Å². The minimum atomic E-state index is 0.323. The van der Waals surface area contributed by atoms with Crippen LogP contribution in [-0.4, -0.2) is 30.7 Å². The zero-order chi connectivity index (χ0) is 11.7. The Kier molecular flexibility index (Phi) is 2.89. The molecule has 0 spiro atoms. The quantitative estimate of drug-likeness (QED) is 0.768. The van der Waals surface area contributed by atoms with Gasteiger partial charge in [-0.05, 0) is 31.7 Å². The highest BCUT2D eigenvalue weighted by molar-refractivity contribution is 5.64. The van der Waals surface area contributed by atoms with E-state index in [1.165, 1.54) is 24.1 Å². The number of hydrogen-bond acceptors (Lipinski definition) is 4. The number of fused-ring (bicyclic) bond motifs is 1. The summed E-state index contributed by atoms with van der Waals surface area (Å²) in [6, 6.07) is 2.47. The van der Waals surface area contributed by atoms with Gasteiger partial charge in [0.25, 0.3) is 0 Å². The lowest BCUT2D eigenvalue weighted by Gasteiger charge is -2.35. The third kappa shape index (κ3) is 2.09. The second-order valence-corrected chi connectivity index (χ2v) is 5.04. The normalized spacial score (nSPS) is 24.1. The number of nitrogens with one attached hydrogen (secondary N) is 1. The minimum absolute atomic E-state index is 0.323. The molecule has 0 bridgehead atoms. The number of hydrogen-bond donors (Lipinski definition) is 2. The zero-order valence-electron chi connectivity index (χ0n) is 10.2. The van der Waals surface area contributed by atoms with E-state index in [4.69, 9.17) is 5.73 Å². The zero-order valence-corrected chi connectivity index (χ0v) is 10.2. The highest BCUT2D eigenvalue weighted by Crippen LogP contribution is 2.31. The van der Waals surface area contributed by atoms with Gasteiger partial charge in [-0.3, -0.25) is 0 Å². The Morgan fingerprint density at radius 2 is 2.35 bits per heavy atom. The van der Waals surface area contributed by atoms with Gasteiger partial charge in [0.05, 0.1) is 0 Å². The Morgan fingerprint density at radius 1 is 1.41 bits per heavy atom. The Hall–Kier alpha value is -1.29. The summed E-state index contributed by atoms with van der Waals surface area (Å²) in [5, 5.41) is 3.38. The second kappa shape index (κ2) is 4.53. The van der Waals surface area contributed by atoms with Crippen LogP contribution in [0, 0.1) is 0 Å². The molecule has 2 aliphatic rings. The molecular formula is C13H20N4. The summed E-state index contributed by atoms with van der Waals surface area (Å²) in [6.07, 6.45) is 6.60. The fourth-order valence-electron chi connectivity index (χ4n) is 2.88. The van der Waals surface area contributed by atoms with Crippen molar-refractivity contribution in [1.82, 2.24) is 4.98 Å². The summed E-state index contributed by atoms with van der Waals surface area (Å²) >= 11 is 0. The maximum atomic E-state index is 6.07. The van der Waals surface area contributed by atoms with Crippen molar-refractivity contribution in [2.75, 3.05) is 29.9 Å². The average molecular weight is 232 g/mol. The molecule has 3 N–H and O–H groups in total. The summed E-state index contributed by atoms with van der Waals surface area (Å²) in [5.41, 5.74) is 8.79. The number of nitrogens with two attached hydrogens (primary N) is 1. The first-order valence-corrected chi connectivity index (χ1v) is 6.57. The molecule has 0 amide bonds. The van der Waals surface area contributed by atoms with E-state index in [1.54, 1.807) is 0 Å². The van der Waals surface area contributed by atoms with E-state index in [1.807, 2.05) is 6.20 Å². The van der Waals surface area contributed by atoms with Crippen LogP contribution in [-0.2, 0) is 6.42 Å². The Labute approximate surface area is 102 Å². The molecule has 4 nitrogen and oxygen atoms in total. The molecule has 0 unspecified atom stereocenters. The first kappa shape index (κ1) is 10.8. The van der Waals surface area contributed by atoms with Crippen LogP contribution in [0.4, 0.5) is 11.5 Å². The van der Waals surface area contributed by atoms with Crippen molar-refractivity contribution >= 4 is 11.5 Å². The molecule has 92 valence electrons. The number of aromatic nitrogens is 1. The van der Waals surface area contributed by atoms with Crippen LogP contribution in [0.5, 0.6) is 0 Å². The van der Waals surface area contributed by atoms with Gasteiger partial charge >= 0.3 is 0 Å². The van der Waals surface area contributed by atoms with Crippen LogP contribution in [0.2, 0.25) is 0 Å². The number of pyridine rings is 1. The number of anilines is 2. The van der Waals surface area contributed by atoms with Crippen molar-refractivity contribution in [3.05, 3.63) is 17.8 Å². The Bertz CT molecular complexity index is 404. The van der Waals surface area contributed by atoms with Crippen LogP contribution in [0.3, 0.4) is 0 Å². The lowest BCUT2D eigenvalue weighted by Crippen LogP contribution is -2.43. The maximum absolute atomic E-state index is 6.07. The molecule has 17 heavy (non-hydrogen) atoms. The first-order chi connectivity index (χ1) is 8.34. The SMILES string of the molecule is N[C@H]1CCCN(c2ccnc3c2CCCN3)C1. The average Bonchev–Trinajstić information content (AvgIpc) is 2.38. The summed E-state index contributed by atoms with van der Waals surface area (Å²) in [7, 11) is 0. The molecule has 1 saturated heterocycles. The summed E-state index contributed by atoms with van der Waals surface area (Å²) < 4.78 is 0. The molecule has 0 radical (unpaired) electrons. The van der Waals surface area contributed by atoms with Crippen LogP contribution in [0.1, 0.15) is 24.8 Å². The standard InChI is InChI=1S/C13H20N4/c14-10-3-2-8-17(9-10)12-5-7-16-13-11(12)4-1-6-15-13/h5,7,10H,1-4,6,8-9,14H2,(H,15,16)/t10-/m0/s1. The minimum Gasteiger partial charge on any atom is -0.370 e. The van der Waals surface area contributed by atoms with Gasteiger partial charge in [-0.1, -0.05) is 0 Å².